The van der Waals surface area contributed by atoms with Gasteiger partial charge < -0.3 is 10.1 Å². The van der Waals surface area contributed by atoms with Crippen molar-refractivity contribution < 1.29 is 4.79 Å². The number of carbonyl (C=O) groups excluding carboxylic acids is 1. The van der Waals surface area contributed by atoms with Gasteiger partial charge in [-0.3, -0.25) is 4.79 Å². The van der Waals surface area contributed by atoms with Gasteiger partial charge in [0.25, 0.3) is 0 Å². The number of pyridine rings is 2. The first kappa shape index (κ1) is 16.6. The van der Waals surface area contributed by atoms with Crippen LogP contribution in [-0.4, -0.2) is 30.3 Å². The molecule has 25 heavy (non-hydrogen) atoms. The first-order valence-corrected chi connectivity index (χ1v) is 9.34. The highest BCUT2D eigenvalue weighted by molar-refractivity contribution is 6.40. The molecule has 2 aliphatic carbocycles. The normalized spacial score (nSPS) is 27.0. The number of hydrogen-bond acceptors (Lipinski definition) is 4. The fourth-order valence-electron chi connectivity index (χ4n) is 4.32. The maximum Gasteiger partial charge on any atom is 0.234 e. The Kier molecular flexibility index (Phi) is 4.10. The lowest BCUT2D eigenvalue weighted by atomic mass is 9.96. The molecule has 0 radical (unpaired) electrons. The van der Waals surface area contributed by atoms with Gasteiger partial charge in [-0.05, 0) is 55.2 Å². The van der Waals surface area contributed by atoms with Crippen LogP contribution in [0.4, 0.5) is 11.6 Å². The number of hydrogen-bond donors (Lipinski definition) is 1. The molecule has 0 aromatic carbocycles. The molecule has 4 rings (SSSR count). The molecule has 2 aliphatic rings. The van der Waals surface area contributed by atoms with E-state index in [1.165, 1.54) is 12.8 Å². The molecule has 2 fully saturated rings. The molecular formula is C18H22BClN4O. The van der Waals surface area contributed by atoms with Gasteiger partial charge in [0.1, 0.15) is 16.8 Å². The lowest BCUT2D eigenvalue weighted by molar-refractivity contribution is -0.118. The zero-order valence-electron chi connectivity index (χ0n) is 14.8. The molecule has 5 nitrogen and oxygen atoms in total. The molecule has 0 aliphatic heterocycles. The van der Waals surface area contributed by atoms with Crippen molar-refractivity contribution in [3.8, 4) is 0 Å². The fourth-order valence-corrected chi connectivity index (χ4v) is 4.52. The molecule has 0 bridgehead atoms. The number of amides is 1. The van der Waals surface area contributed by atoms with Crippen LogP contribution in [0.2, 0.25) is 12.0 Å². The summed E-state index contributed by atoms with van der Waals surface area (Å²) in [5.74, 6) is 3.61. The van der Waals surface area contributed by atoms with E-state index in [1.807, 2.05) is 24.0 Å². The minimum absolute atomic E-state index is 0.111. The Morgan fingerprint density at radius 2 is 2.08 bits per heavy atom. The summed E-state index contributed by atoms with van der Waals surface area (Å²) in [6.07, 6.45) is 4.13. The molecular weight excluding hydrogens is 334 g/mol. The highest BCUT2D eigenvalue weighted by Gasteiger charge is 2.58. The number of aromatic nitrogens is 2. The lowest BCUT2D eigenvalue weighted by Gasteiger charge is -2.18. The average Bonchev–Trinajstić information content (AvgIpc) is 3.10. The summed E-state index contributed by atoms with van der Waals surface area (Å²) in [5.41, 5.74) is 0. The molecule has 0 spiro atoms. The van der Waals surface area contributed by atoms with Crippen molar-refractivity contribution in [2.24, 2.45) is 23.7 Å². The Hall–Kier alpha value is -1.82. The Balaban J connectivity index is 1.56. The Labute approximate surface area is 153 Å². The first-order valence-electron chi connectivity index (χ1n) is 8.96. The predicted octanol–water partition coefficient (Wildman–Crippen LogP) is 3.35. The fraction of sp³-hybridized carbons (Fsp3) is 0.500. The number of nitrogens with zero attached hydrogens (tertiary/aromatic N) is 3. The van der Waals surface area contributed by atoms with Crippen molar-refractivity contribution in [3.05, 3.63) is 23.5 Å². The van der Waals surface area contributed by atoms with Crippen molar-refractivity contribution in [1.29, 1.82) is 0 Å². The van der Waals surface area contributed by atoms with Gasteiger partial charge in [-0.15, -0.1) is 0 Å². The van der Waals surface area contributed by atoms with Gasteiger partial charge in [-0.1, -0.05) is 25.3 Å². The molecule has 4 atom stereocenters. The van der Waals surface area contributed by atoms with E-state index >= 15 is 0 Å². The predicted molar refractivity (Wildman–Crippen MR) is 103 cm³/mol. The second-order valence-corrected chi connectivity index (χ2v) is 7.88. The molecule has 2 heterocycles. The van der Waals surface area contributed by atoms with E-state index in [-0.39, 0.29) is 11.8 Å². The monoisotopic (exact) mass is 356 g/mol. The van der Waals surface area contributed by atoms with Crippen LogP contribution in [0.5, 0.6) is 0 Å². The summed E-state index contributed by atoms with van der Waals surface area (Å²) in [5, 5.41) is 5.31. The van der Waals surface area contributed by atoms with Gasteiger partial charge in [0.05, 0.1) is 0 Å². The van der Waals surface area contributed by atoms with E-state index in [4.69, 9.17) is 11.6 Å². The number of halogens is 1. The molecule has 130 valence electrons. The van der Waals surface area contributed by atoms with Crippen molar-refractivity contribution in [2.75, 3.05) is 17.2 Å². The smallest absolute Gasteiger partial charge is 0.234 e. The molecule has 2 aromatic heterocycles. The standard InChI is InChI=1S/C18H22BClN4O/c1-9-4-11-12(5-9)16(11)18(25)23-15-7-10-6-14(20)22-17(24(3)19-2)13(10)8-21-15/h6-9,11-12,16,19H,4-5H2,1-3H3,(H,21,23,25)/t9?,11-,12+,16+. The van der Waals surface area contributed by atoms with Gasteiger partial charge in [0.15, 0.2) is 0 Å². The van der Waals surface area contributed by atoms with Crippen LogP contribution in [0.15, 0.2) is 18.3 Å². The van der Waals surface area contributed by atoms with Crippen molar-refractivity contribution in [3.63, 3.8) is 0 Å². The summed E-state index contributed by atoms with van der Waals surface area (Å²) in [6.45, 7) is 4.33. The summed E-state index contributed by atoms with van der Waals surface area (Å²) < 4.78 is 0. The van der Waals surface area contributed by atoms with Crippen molar-refractivity contribution in [2.45, 2.75) is 26.6 Å². The molecule has 2 saturated carbocycles. The van der Waals surface area contributed by atoms with Gasteiger partial charge >= 0.3 is 0 Å². The van der Waals surface area contributed by atoms with Gasteiger partial charge in [0, 0.05) is 17.5 Å². The van der Waals surface area contributed by atoms with E-state index in [1.54, 1.807) is 6.20 Å². The largest absolute Gasteiger partial charge is 0.406 e. The molecule has 7 heteroatoms. The highest BCUT2D eigenvalue weighted by atomic mass is 35.5. The second-order valence-electron chi connectivity index (χ2n) is 7.49. The van der Waals surface area contributed by atoms with Crippen LogP contribution < -0.4 is 10.1 Å². The molecule has 2 aromatic rings. The third-order valence-electron chi connectivity index (χ3n) is 5.73. The van der Waals surface area contributed by atoms with Crippen molar-refractivity contribution >= 4 is 47.3 Å². The molecule has 0 saturated heterocycles. The molecule has 1 unspecified atom stereocenters. The zero-order valence-corrected chi connectivity index (χ0v) is 15.5. The van der Waals surface area contributed by atoms with E-state index in [9.17, 15) is 4.79 Å². The van der Waals surface area contributed by atoms with Crippen LogP contribution in [0.3, 0.4) is 0 Å². The summed E-state index contributed by atoms with van der Waals surface area (Å²) >= 11 is 6.18. The number of anilines is 2. The zero-order chi connectivity index (χ0) is 17.7. The maximum absolute atomic E-state index is 12.5. The minimum atomic E-state index is 0.111. The minimum Gasteiger partial charge on any atom is -0.406 e. The topological polar surface area (TPSA) is 58.1 Å². The lowest BCUT2D eigenvalue weighted by Crippen LogP contribution is -2.21. The molecule has 1 amide bonds. The maximum atomic E-state index is 12.5. The van der Waals surface area contributed by atoms with E-state index in [0.29, 0.717) is 22.8 Å². The SMILES string of the molecule is CBN(C)c1nc(Cl)cc2cc(NC(=O)[C@H]3[C@@H]4CC(C)C[C@@H]43)ncc12. The second kappa shape index (κ2) is 6.17. The van der Waals surface area contributed by atoms with Crippen molar-refractivity contribution in [1.82, 2.24) is 9.97 Å². The summed E-state index contributed by atoms with van der Waals surface area (Å²) in [7, 11) is 2.80. The van der Waals surface area contributed by atoms with Crippen LogP contribution in [0, 0.1) is 23.7 Å². The van der Waals surface area contributed by atoms with Gasteiger partial charge in [-0.25, -0.2) is 9.97 Å². The summed E-state index contributed by atoms with van der Waals surface area (Å²) in [4.78, 5) is 23.4. The van der Waals surface area contributed by atoms with Gasteiger partial charge in [-0.2, -0.15) is 0 Å². The third-order valence-corrected chi connectivity index (χ3v) is 5.93. The number of nitrogens with one attached hydrogen (secondary N) is 1. The number of fused-ring (bicyclic) bond motifs is 2. The summed E-state index contributed by atoms with van der Waals surface area (Å²) in [6, 6.07) is 3.70. The number of carbonyl (C=O) groups is 1. The van der Waals surface area contributed by atoms with E-state index in [2.05, 4.69) is 29.0 Å². The van der Waals surface area contributed by atoms with E-state index in [0.717, 1.165) is 29.9 Å². The van der Waals surface area contributed by atoms with Crippen LogP contribution >= 0.6 is 11.6 Å². The van der Waals surface area contributed by atoms with E-state index < -0.39 is 0 Å². The Bertz CT molecular complexity index is 833. The first-order chi connectivity index (χ1) is 12.0. The number of rotatable bonds is 4. The third kappa shape index (κ3) is 2.97. The van der Waals surface area contributed by atoms with Crippen LogP contribution in [0.25, 0.3) is 10.8 Å². The van der Waals surface area contributed by atoms with Crippen LogP contribution in [-0.2, 0) is 4.79 Å². The highest BCUT2D eigenvalue weighted by Crippen LogP contribution is 2.59. The Morgan fingerprint density at radius 1 is 1.36 bits per heavy atom. The Morgan fingerprint density at radius 3 is 2.76 bits per heavy atom. The van der Waals surface area contributed by atoms with Gasteiger partial charge in [0.2, 0.25) is 13.3 Å². The molecule has 1 N–H and O–H groups in total. The average molecular weight is 357 g/mol. The van der Waals surface area contributed by atoms with Crippen LogP contribution in [0.1, 0.15) is 19.8 Å². The quantitative estimate of drug-likeness (QED) is 0.674.